The fourth-order valence-electron chi connectivity index (χ4n) is 2.04. The zero-order chi connectivity index (χ0) is 13.9. The Morgan fingerprint density at radius 2 is 2.40 bits per heavy atom. The molecule has 0 aliphatic carbocycles. The minimum Gasteiger partial charge on any atom is -0.461 e. The van der Waals surface area contributed by atoms with E-state index in [1.54, 1.807) is 24.5 Å². The van der Waals surface area contributed by atoms with E-state index in [1.807, 2.05) is 0 Å². The highest BCUT2D eigenvalue weighted by Crippen LogP contribution is 2.20. The Morgan fingerprint density at radius 3 is 3.10 bits per heavy atom. The van der Waals surface area contributed by atoms with Crippen molar-refractivity contribution in [2.45, 2.75) is 25.4 Å². The Bertz CT molecular complexity index is 617. The monoisotopic (exact) mass is 275 g/mol. The largest absolute Gasteiger partial charge is 0.461 e. The van der Waals surface area contributed by atoms with E-state index < -0.39 is 6.04 Å². The van der Waals surface area contributed by atoms with Crippen LogP contribution < -0.4 is 10.6 Å². The molecule has 2 N–H and O–H groups in total. The molecule has 3 heterocycles. The molecule has 0 spiro atoms. The number of hydrogen-bond donors (Lipinski definition) is 2. The Labute approximate surface area is 114 Å². The number of carbonyl (C=O) groups excluding carboxylic acids is 2. The lowest BCUT2D eigenvalue weighted by Gasteiger charge is -2.09. The maximum Gasteiger partial charge on any atom is 0.242 e. The second-order valence-electron chi connectivity index (χ2n) is 4.54. The van der Waals surface area contributed by atoms with Gasteiger partial charge in [-0.1, -0.05) is 5.16 Å². The number of hydrogen-bond acceptors (Lipinski definition) is 5. The van der Waals surface area contributed by atoms with E-state index in [-0.39, 0.29) is 18.4 Å². The first-order chi connectivity index (χ1) is 9.72. The van der Waals surface area contributed by atoms with Gasteiger partial charge in [-0.3, -0.25) is 9.59 Å². The van der Waals surface area contributed by atoms with E-state index in [1.165, 1.54) is 0 Å². The van der Waals surface area contributed by atoms with Crippen LogP contribution in [-0.2, 0) is 16.1 Å². The lowest BCUT2D eigenvalue weighted by Crippen LogP contribution is -2.41. The molecule has 0 bridgehead atoms. The third-order valence-corrected chi connectivity index (χ3v) is 3.08. The van der Waals surface area contributed by atoms with Gasteiger partial charge in [0.05, 0.1) is 12.8 Å². The summed E-state index contributed by atoms with van der Waals surface area (Å²) in [5, 5.41) is 9.17. The zero-order valence-electron chi connectivity index (χ0n) is 10.6. The molecule has 0 unspecified atom stereocenters. The predicted octanol–water partition coefficient (Wildman–Crippen LogP) is 0.829. The second-order valence-corrected chi connectivity index (χ2v) is 4.54. The Morgan fingerprint density at radius 1 is 1.50 bits per heavy atom. The summed E-state index contributed by atoms with van der Waals surface area (Å²) >= 11 is 0. The van der Waals surface area contributed by atoms with Crippen LogP contribution in [0.4, 0.5) is 0 Å². The summed E-state index contributed by atoms with van der Waals surface area (Å²) in [5.74, 6) is 0.789. The van der Waals surface area contributed by atoms with Crippen LogP contribution in [0.3, 0.4) is 0 Å². The minimum atomic E-state index is -0.445. The van der Waals surface area contributed by atoms with E-state index in [0.29, 0.717) is 30.1 Å². The molecule has 1 saturated heterocycles. The minimum absolute atomic E-state index is 0.0910. The van der Waals surface area contributed by atoms with Crippen molar-refractivity contribution >= 4 is 11.8 Å². The number of aromatic nitrogens is 1. The Kier molecular flexibility index (Phi) is 3.24. The number of nitrogens with one attached hydrogen (secondary N) is 2. The molecule has 2 aromatic heterocycles. The van der Waals surface area contributed by atoms with Crippen molar-refractivity contribution in [3.63, 3.8) is 0 Å². The SMILES string of the molecule is O=C1CC[C@H](C(=O)NCc2cc(-c3ccco3)on2)N1. The van der Waals surface area contributed by atoms with Gasteiger partial charge in [0.25, 0.3) is 0 Å². The predicted molar refractivity (Wildman–Crippen MR) is 67.2 cm³/mol. The van der Waals surface area contributed by atoms with Crippen LogP contribution in [-0.4, -0.2) is 23.0 Å². The molecule has 1 fully saturated rings. The molecule has 0 saturated carbocycles. The van der Waals surface area contributed by atoms with Gasteiger partial charge in [-0.05, 0) is 18.6 Å². The van der Waals surface area contributed by atoms with Gasteiger partial charge in [0.1, 0.15) is 11.7 Å². The topological polar surface area (TPSA) is 97.4 Å². The fraction of sp³-hybridized carbons (Fsp3) is 0.308. The molecule has 7 heteroatoms. The number of nitrogens with zero attached hydrogens (tertiary/aromatic N) is 1. The quantitative estimate of drug-likeness (QED) is 0.861. The molecule has 1 atom stereocenters. The third kappa shape index (κ3) is 2.56. The highest BCUT2D eigenvalue weighted by Gasteiger charge is 2.26. The van der Waals surface area contributed by atoms with E-state index in [9.17, 15) is 9.59 Å². The summed E-state index contributed by atoms with van der Waals surface area (Å²) in [6.45, 7) is 0.245. The van der Waals surface area contributed by atoms with E-state index in [0.717, 1.165) is 0 Å². The summed E-state index contributed by atoms with van der Waals surface area (Å²) in [7, 11) is 0. The van der Waals surface area contributed by atoms with Crippen LogP contribution in [0, 0.1) is 0 Å². The summed E-state index contributed by atoms with van der Waals surface area (Å²) in [4.78, 5) is 22.8. The molecule has 3 rings (SSSR count). The molecule has 0 aromatic carbocycles. The maximum atomic E-state index is 11.8. The highest BCUT2D eigenvalue weighted by atomic mass is 16.5. The van der Waals surface area contributed by atoms with Crippen molar-refractivity contribution in [3.05, 3.63) is 30.2 Å². The molecule has 0 radical (unpaired) electrons. The summed E-state index contributed by atoms with van der Waals surface area (Å²) in [6, 6.07) is 4.77. The van der Waals surface area contributed by atoms with Gasteiger partial charge in [0.2, 0.25) is 17.6 Å². The average molecular weight is 275 g/mol. The average Bonchev–Trinajstić information content (AvgIpc) is 3.16. The van der Waals surface area contributed by atoms with Gasteiger partial charge in [0.15, 0.2) is 5.76 Å². The van der Waals surface area contributed by atoms with Crippen LogP contribution in [0.5, 0.6) is 0 Å². The Balaban J connectivity index is 1.56. The summed E-state index contributed by atoms with van der Waals surface area (Å²) < 4.78 is 10.3. The van der Waals surface area contributed by atoms with E-state index in [2.05, 4.69) is 15.8 Å². The first kappa shape index (κ1) is 12.5. The molecule has 2 amide bonds. The molecular formula is C13H13N3O4. The maximum absolute atomic E-state index is 11.8. The normalized spacial score (nSPS) is 18.0. The van der Waals surface area contributed by atoms with Gasteiger partial charge < -0.3 is 19.6 Å². The molecule has 2 aromatic rings. The van der Waals surface area contributed by atoms with Gasteiger partial charge in [-0.15, -0.1) is 0 Å². The molecule has 1 aliphatic heterocycles. The number of amides is 2. The molecule has 7 nitrogen and oxygen atoms in total. The molecule has 20 heavy (non-hydrogen) atoms. The smallest absolute Gasteiger partial charge is 0.242 e. The van der Waals surface area contributed by atoms with Crippen molar-refractivity contribution in [3.8, 4) is 11.5 Å². The molecule has 1 aliphatic rings. The van der Waals surface area contributed by atoms with Crippen molar-refractivity contribution in [1.82, 2.24) is 15.8 Å². The van der Waals surface area contributed by atoms with Gasteiger partial charge in [-0.25, -0.2) is 0 Å². The fourth-order valence-corrected chi connectivity index (χ4v) is 2.04. The van der Waals surface area contributed by atoms with E-state index >= 15 is 0 Å². The molecular weight excluding hydrogens is 262 g/mol. The van der Waals surface area contributed by atoms with Crippen LogP contribution in [0.2, 0.25) is 0 Å². The summed E-state index contributed by atoms with van der Waals surface area (Å²) in [6.07, 6.45) is 2.47. The first-order valence-corrected chi connectivity index (χ1v) is 6.29. The van der Waals surface area contributed by atoms with Crippen molar-refractivity contribution < 1.29 is 18.5 Å². The number of rotatable bonds is 4. The summed E-state index contributed by atoms with van der Waals surface area (Å²) in [5.41, 5.74) is 0.592. The van der Waals surface area contributed by atoms with Gasteiger partial charge >= 0.3 is 0 Å². The standard InChI is InChI=1S/C13H13N3O4/c17-12-4-3-9(15-12)13(18)14-7-8-6-11(20-16-8)10-2-1-5-19-10/h1-2,5-6,9H,3-4,7H2,(H,14,18)(H,15,17)/t9-/m1/s1. The third-order valence-electron chi connectivity index (χ3n) is 3.08. The lowest BCUT2D eigenvalue weighted by molar-refractivity contribution is -0.125. The van der Waals surface area contributed by atoms with Crippen molar-refractivity contribution in [1.29, 1.82) is 0 Å². The van der Waals surface area contributed by atoms with Crippen LogP contribution >= 0.6 is 0 Å². The van der Waals surface area contributed by atoms with Crippen LogP contribution in [0.25, 0.3) is 11.5 Å². The molecule has 104 valence electrons. The van der Waals surface area contributed by atoms with Crippen molar-refractivity contribution in [2.75, 3.05) is 0 Å². The first-order valence-electron chi connectivity index (χ1n) is 6.29. The van der Waals surface area contributed by atoms with Crippen LogP contribution in [0.15, 0.2) is 33.4 Å². The zero-order valence-corrected chi connectivity index (χ0v) is 10.6. The number of furan rings is 1. The van der Waals surface area contributed by atoms with Gasteiger partial charge in [0, 0.05) is 12.5 Å². The van der Waals surface area contributed by atoms with E-state index in [4.69, 9.17) is 8.94 Å². The Hall–Kier alpha value is -2.57. The lowest BCUT2D eigenvalue weighted by atomic mass is 10.2. The highest BCUT2D eigenvalue weighted by molar-refractivity contribution is 5.90. The van der Waals surface area contributed by atoms with Crippen molar-refractivity contribution in [2.24, 2.45) is 0 Å². The van der Waals surface area contributed by atoms with Crippen LogP contribution in [0.1, 0.15) is 18.5 Å². The number of carbonyl (C=O) groups is 2. The van der Waals surface area contributed by atoms with Gasteiger partial charge in [-0.2, -0.15) is 0 Å². The second kappa shape index (κ2) is 5.20.